The van der Waals surface area contributed by atoms with Crippen molar-refractivity contribution >= 4 is 5.78 Å². The van der Waals surface area contributed by atoms with Gasteiger partial charge < -0.3 is 9.26 Å². The van der Waals surface area contributed by atoms with Crippen LogP contribution in [-0.4, -0.2) is 29.1 Å². The molecule has 0 N–H and O–H groups in total. The monoisotopic (exact) mass is 274 g/mol. The zero-order valence-corrected chi connectivity index (χ0v) is 11.7. The summed E-state index contributed by atoms with van der Waals surface area (Å²) in [4.78, 5) is 16.5. The summed E-state index contributed by atoms with van der Waals surface area (Å²) in [5, 5.41) is 3.87. The summed E-state index contributed by atoms with van der Waals surface area (Å²) in [5.41, 5.74) is 0.647. The summed E-state index contributed by atoms with van der Waals surface area (Å²) in [6.07, 6.45) is 0.587. The molecule has 2 aromatic rings. The molecule has 1 atom stereocenters. The van der Waals surface area contributed by atoms with Crippen molar-refractivity contribution in [3.63, 3.8) is 0 Å². The minimum atomic E-state index is -0.439. The zero-order valence-electron chi connectivity index (χ0n) is 11.7. The molecule has 0 aliphatic carbocycles. The molecule has 1 heterocycles. The minimum absolute atomic E-state index is 0.0226. The Morgan fingerprint density at radius 1 is 1.35 bits per heavy atom. The highest BCUT2D eigenvalue weighted by molar-refractivity contribution is 6.00. The molecule has 0 fully saturated rings. The first kappa shape index (κ1) is 14.4. The van der Waals surface area contributed by atoms with Crippen LogP contribution in [0.2, 0.25) is 0 Å². The molecule has 106 valence electrons. The van der Waals surface area contributed by atoms with Gasteiger partial charge in [0.25, 0.3) is 0 Å². The van der Waals surface area contributed by atoms with Gasteiger partial charge in [0.2, 0.25) is 5.89 Å². The fourth-order valence-electron chi connectivity index (χ4n) is 1.82. The van der Waals surface area contributed by atoms with E-state index in [1.165, 1.54) is 0 Å². The van der Waals surface area contributed by atoms with Gasteiger partial charge in [0.05, 0.1) is 12.5 Å². The van der Waals surface area contributed by atoms with E-state index < -0.39 is 5.92 Å². The maximum Gasteiger partial charge on any atom is 0.237 e. The SMILES string of the molecule is CCOCCc1noc(C(C)C(=O)c2ccccc2)n1. The topological polar surface area (TPSA) is 65.2 Å². The lowest BCUT2D eigenvalue weighted by Gasteiger charge is -2.04. The van der Waals surface area contributed by atoms with Gasteiger partial charge in [-0.15, -0.1) is 0 Å². The van der Waals surface area contributed by atoms with Crippen LogP contribution in [0.25, 0.3) is 0 Å². The lowest BCUT2D eigenvalue weighted by atomic mass is 9.99. The predicted octanol–water partition coefficient (Wildman–Crippen LogP) is 2.64. The van der Waals surface area contributed by atoms with Crippen LogP contribution in [0.4, 0.5) is 0 Å². The molecule has 5 heteroatoms. The normalized spacial score (nSPS) is 12.3. The third kappa shape index (κ3) is 3.51. The summed E-state index contributed by atoms with van der Waals surface area (Å²) in [5.74, 6) is 0.461. The zero-order chi connectivity index (χ0) is 14.4. The summed E-state index contributed by atoms with van der Waals surface area (Å²) in [7, 11) is 0. The Morgan fingerprint density at radius 2 is 2.10 bits per heavy atom. The van der Waals surface area contributed by atoms with Crippen molar-refractivity contribution in [2.75, 3.05) is 13.2 Å². The van der Waals surface area contributed by atoms with Gasteiger partial charge in [0.1, 0.15) is 0 Å². The highest BCUT2D eigenvalue weighted by Crippen LogP contribution is 2.18. The van der Waals surface area contributed by atoms with Crippen molar-refractivity contribution in [3.8, 4) is 0 Å². The van der Waals surface area contributed by atoms with Crippen LogP contribution >= 0.6 is 0 Å². The van der Waals surface area contributed by atoms with Crippen LogP contribution in [-0.2, 0) is 11.2 Å². The fourth-order valence-corrected chi connectivity index (χ4v) is 1.82. The van der Waals surface area contributed by atoms with Gasteiger partial charge in [-0.2, -0.15) is 4.98 Å². The second-order valence-corrected chi connectivity index (χ2v) is 4.45. The lowest BCUT2D eigenvalue weighted by molar-refractivity contribution is 0.0951. The predicted molar refractivity (Wildman–Crippen MR) is 73.7 cm³/mol. The number of hydrogen-bond acceptors (Lipinski definition) is 5. The first-order valence-electron chi connectivity index (χ1n) is 6.72. The molecule has 0 saturated carbocycles. The smallest absolute Gasteiger partial charge is 0.237 e. The van der Waals surface area contributed by atoms with Gasteiger partial charge >= 0.3 is 0 Å². The molecule has 0 aliphatic heterocycles. The molecule has 2 rings (SSSR count). The van der Waals surface area contributed by atoms with Gasteiger partial charge in [0.15, 0.2) is 11.6 Å². The molecule has 1 aromatic heterocycles. The lowest BCUT2D eigenvalue weighted by Crippen LogP contribution is -2.10. The van der Waals surface area contributed by atoms with E-state index in [9.17, 15) is 4.79 Å². The Kier molecular flexibility index (Phi) is 5.01. The fraction of sp³-hybridized carbons (Fsp3) is 0.400. The Morgan fingerprint density at radius 3 is 2.80 bits per heavy atom. The summed E-state index contributed by atoms with van der Waals surface area (Å²) < 4.78 is 10.4. The Labute approximate surface area is 118 Å². The van der Waals surface area contributed by atoms with Crippen molar-refractivity contribution in [1.82, 2.24) is 10.1 Å². The van der Waals surface area contributed by atoms with E-state index in [0.29, 0.717) is 36.9 Å². The number of rotatable bonds is 7. The molecule has 0 amide bonds. The third-order valence-electron chi connectivity index (χ3n) is 2.98. The maximum atomic E-state index is 12.3. The molecule has 0 bridgehead atoms. The minimum Gasteiger partial charge on any atom is -0.381 e. The van der Waals surface area contributed by atoms with Gasteiger partial charge in [-0.1, -0.05) is 35.5 Å². The number of aromatic nitrogens is 2. The van der Waals surface area contributed by atoms with Crippen molar-refractivity contribution in [3.05, 3.63) is 47.6 Å². The number of Topliss-reactive ketones (excluding diaryl/α,β-unsaturated/α-hetero) is 1. The van der Waals surface area contributed by atoms with Gasteiger partial charge in [-0.05, 0) is 13.8 Å². The molecule has 5 nitrogen and oxygen atoms in total. The number of benzene rings is 1. The Bertz CT molecular complexity index is 551. The van der Waals surface area contributed by atoms with E-state index in [0.717, 1.165) is 0 Å². The number of carbonyl (C=O) groups is 1. The number of carbonyl (C=O) groups excluding carboxylic acids is 1. The van der Waals surface area contributed by atoms with Gasteiger partial charge in [-0.3, -0.25) is 4.79 Å². The van der Waals surface area contributed by atoms with Crippen LogP contribution in [0.5, 0.6) is 0 Å². The molecule has 20 heavy (non-hydrogen) atoms. The largest absolute Gasteiger partial charge is 0.381 e. The number of nitrogens with zero attached hydrogens (tertiary/aromatic N) is 2. The summed E-state index contributed by atoms with van der Waals surface area (Å²) in [6, 6.07) is 9.11. The average Bonchev–Trinajstić information content (AvgIpc) is 2.96. The van der Waals surface area contributed by atoms with E-state index in [4.69, 9.17) is 9.26 Å². The molecule has 0 saturated heterocycles. The van der Waals surface area contributed by atoms with E-state index in [1.807, 2.05) is 25.1 Å². The number of hydrogen-bond donors (Lipinski definition) is 0. The summed E-state index contributed by atoms with van der Waals surface area (Å²) >= 11 is 0. The maximum absolute atomic E-state index is 12.3. The van der Waals surface area contributed by atoms with Crippen molar-refractivity contribution < 1.29 is 14.1 Å². The van der Waals surface area contributed by atoms with Gasteiger partial charge in [-0.25, -0.2) is 0 Å². The van der Waals surface area contributed by atoms with Crippen molar-refractivity contribution in [1.29, 1.82) is 0 Å². The highest BCUT2D eigenvalue weighted by atomic mass is 16.5. The molecular formula is C15H18N2O3. The molecule has 0 radical (unpaired) electrons. The Hall–Kier alpha value is -2.01. The van der Waals surface area contributed by atoms with Crippen LogP contribution < -0.4 is 0 Å². The van der Waals surface area contributed by atoms with Crippen LogP contribution in [0.3, 0.4) is 0 Å². The summed E-state index contributed by atoms with van der Waals surface area (Å²) in [6.45, 7) is 4.92. The molecule has 0 spiro atoms. The van der Waals surface area contributed by atoms with E-state index in [-0.39, 0.29) is 5.78 Å². The van der Waals surface area contributed by atoms with E-state index >= 15 is 0 Å². The molecule has 0 aliphatic rings. The van der Waals surface area contributed by atoms with Gasteiger partial charge in [0, 0.05) is 18.6 Å². The van der Waals surface area contributed by atoms with Crippen molar-refractivity contribution in [2.24, 2.45) is 0 Å². The Balaban J connectivity index is 2.02. The third-order valence-corrected chi connectivity index (χ3v) is 2.98. The van der Waals surface area contributed by atoms with Crippen LogP contribution in [0, 0.1) is 0 Å². The highest BCUT2D eigenvalue weighted by Gasteiger charge is 2.22. The second-order valence-electron chi connectivity index (χ2n) is 4.45. The first-order chi connectivity index (χ1) is 9.72. The van der Waals surface area contributed by atoms with Crippen molar-refractivity contribution in [2.45, 2.75) is 26.2 Å². The standard InChI is InChI=1S/C15H18N2O3/c1-3-19-10-9-13-16-15(20-17-13)11(2)14(18)12-7-5-4-6-8-12/h4-8,11H,3,9-10H2,1-2H3. The molecule has 1 aromatic carbocycles. The van der Waals surface area contributed by atoms with Crippen LogP contribution in [0.15, 0.2) is 34.9 Å². The quantitative estimate of drug-likeness (QED) is 0.573. The molecule has 1 unspecified atom stereocenters. The van der Waals surface area contributed by atoms with E-state index in [1.54, 1.807) is 19.1 Å². The second kappa shape index (κ2) is 6.96. The number of ketones is 1. The first-order valence-corrected chi connectivity index (χ1v) is 6.72. The average molecular weight is 274 g/mol. The van der Waals surface area contributed by atoms with E-state index in [2.05, 4.69) is 10.1 Å². The van der Waals surface area contributed by atoms with Crippen LogP contribution in [0.1, 0.15) is 41.8 Å². The number of ether oxygens (including phenoxy) is 1. The molecular weight excluding hydrogens is 256 g/mol.